The number of benzene rings is 1. The molecule has 2 rings (SSSR count). The number of ketones is 1. The van der Waals surface area contributed by atoms with E-state index in [-0.39, 0.29) is 11.7 Å². The number of hydrogen-bond donors (Lipinski definition) is 2. The molecule has 2 N–H and O–H groups in total. The molecule has 0 aliphatic carbocycles. The van der Waals surface area contributed by atoms with E-state index in [4.69, 9.17) is 9.47 Å². The molecule has 0 aliphatic rings. The van der Waals surface area contributed by atoms with Gasteiger partial charge in [-0.3, -0.25) is 9.59 Å². The maximum absolute atomic E-state index is 12.6. The van der Waals surface area contributed by atoms with Gasteiger partial charge in [0, 0.05) is 24.3 Å². The van der Waals surface area contributed by atoms with Crippen molar-refractivity contribution in [3.8, 4) is 11.5 Å². The van der Waals surface area contributed by atoms with E-state index in [0.29, 0.717) is 47.2 Å². The zero-order chi connectivity index (χ0) is 22.3. The fourth-order valence-electron chi connectivity index (χ4n) is 3.54. The third kappa shape index (κ3) is 5.63. The van der Waals surface area contributed by atoms with Gasteiger partial charge in [0.05, 0.1) is 7.11 Å². The normalized spacial score (nSPS) is 10.9. The number of nitrogens with one attached hydrogen (secondary N) is 2. The van der Waals surface area contributed by atoms with E-state index in [0.717, 1.165) is 25.2 Å². The Morgan fingerprint density at radius 1 is 1.13 bits per heavy atom. The average molecular weight is 416 g/mol. The van der Waals surface area contributed by atoms with E-state index >= 15 is 0 Å². The Labute approximate surface area is 178 Å². The summed E-state index contributed by atoms with van der Waals surface area (Å²) in [6, 6.07) is 5.63. The van der Waals surface area contributed by atoms with Crippen LogP contribution in [0.1, 0.15) is 58.4 Å². The van der Waals surface area contributed by atoms with Gasteiger partial charge in [-0.15, -0.1) is 0 Å². The molecule has 0 aliphatic heterocycles. The van der Waals surface area contributed by atoms with Crippen LogP contribution in [0.15, 0.2) is 18.2 Å². The predicted octanol–water partition coefficient (Wildman–Crippen LogP) is 3.49. The Morgan fingerprint density at radius 2 is 1.83 bits per heavy atom. The van der Waals surface area contributed by atoms with Gasteiger partial charge in [0.2, 0.25) is 0 Å². The van der Waals surface area contributed by atoms with Crippen molar-refractivity contribution in [3.05, 3.63) is 46.3 Å². The number of methoxy groups -OCH3 is 1. The number of rotatable bonds is 11. The first-order valence-electron chi connectivity index (χ1n) is 10.3. The number of aromatic amines is 1. The Balaban J connectivity index is 2.01. The first-order chi connectivity index (χ1) is 14.3. The van der Waals surface area contributed by atoms with E-state index in [9.17, 15) is 9.59 Å². The summed E-state index contributed by atoms with van der Waals surface area (Å²) in [5, 5.41) is 2.90. The number of aromatic nitrogens is 1. The Morgan fingerprint density at radius 3 is 2.40 bits per heavy atom. The molecule has 0 atom stereocenters. The lowest BCUT2D eigenvalue weighted by molar-refractivity contribution is 0.0945. The van der Waals surface area contributed by atoms with Gasteiger partial charge in [0.1, 0.15) is 12.3 Å². The summed E-state index contributed by atoms with van der Waals surface area (Å²) in [4.78, 5) is 29.7. The lowest BCUT2D eigenvalue weighted by Gasteiger charge is -2.19. The van der Waals surface area contributed by atoms with Gasteiger partial charge in [-0.1, -0.05) is 19.9 Å². The third-order valence-electron chi connectivity index (χ3n) is 5.26. The van der Waals surface area contributed by atoms with Crippen LogP contribution in [0.5, 0.6) is 11.5 Å². The number of Topliss-reactive ketones (excluding diaryl/α,β-unsaturated/α-hetero) is 1. The zero-order valence-corrected chi connectivity index (χ0v) is 18.8. The standard InChI is InChI=1S/C23H33N3O4/c1-7-26(8-2)11-12-30-19-10-9-18(13-20(19)29-6)14-24-23(28)22-15(3)21(17(5)27)16(4)25-22/h9-10,13,25H,7-8,11-12,14H2,1-6H3,(H,24,28). The SMILES string of the molecule is CCN(CC)CCOc1ccc(CNC(=O)c2[nH]c(C)c(C(C)=O)c2C)cc1OC. The van der Waals surface area contributed by atoms with Gasteiger partial charge in [-0.05, 0) is 57.1 Å². The molecule has 0 unspecified atom stereocenters. The summed E-state index contributed by atoms with van der Waals surface area (Å²) < 4.78 is 11.3. The number of amides is 1. The van der Waals surface area contributed by atoms with Gasteiger partial charge in [0.15, 0.2) is 17.3 Å². The molecule has 30 heavy (non-hydrogen) atoms. The highest BCUT2D eigenvalue weighted by molar-refractivity contribution is 6.02. The lowest BCUT2D eigenvalue weighted by Crippen LogP contribution is -2.28. The molecular weight excluding hydrogens is 382 g/mol. The number of H-pyrrole nitrogens is 1. The topological polar surface area (TPSA) is 83.7 Å². The Hall–Kier alpha value is -2.80. The number of carbonyl (C=O) groups is 2. The summed E-state index contributed by atoms with van der Waals surface area (Å²) in [7, 11) is 1.60. The highest BCUT2D eigenvalue weighted by Crippen LogP contribution is 2.28. The third-order valence-corrected chi connectivity index (χ3v) is 5.26. The molecule has 7 heteroatoms. The molecule has 1 heterocycles. The molecule has 0 bridgehead atoms. The van der Waals surface area contributed by atoms with Gasteiger partial charge in [-0.2, -0.15) is 0 Å². The van der Waals surface area contributed by atoms with Crippen molar-refractivity contribution < 1.29 is 19.1 Å². The molecule has 1 amide bonds. The van der Waals surface area contributed by atoms with E-state index in [1.165, 1.54) is 6.92 Å². The van der Waals surface area contributed by atoms with Crippen LogP contribution in [-0.4, -0.2) is 54.9 Å². The summed E-state index contributed by atoms with van der Waals surface area (Å²) in [5.74, 6) is 1.01. The summed E-state index contributed by atoms with van der Waals surface area (Å²) >= 11 is 0. The van der Waals surface area contributed by atoms with Gasteiger partial charge in [-0.25, -0.2) is 0 Å². The first-order valence-corrected chi connectivity index (χ1v) is 10.3. The highest BCUT2D eigenvalue weighted by atomic mass is 16.5. The molecular formula is C23H33N3O4. The zero-order valence-electron chi connectivity index (χ0n) is 18.8. The molecule has 164 valence electrons. The van der Waals surface area contributed by atoms with Crippen molar-refractivity contribution in [2.75, 3.05) is 33.4 Å². The number of hydrogen-bond acceptors (Lipinski definition) is 5. The predicted molar refractivity (Wildman–Crippen MR) is 118 cm³/mol. The van der Waals surface area contributed by atoms with Crippen molar-refractivity contribution >= 4 is 11.7 Å². The molecule has 0 spiro atoms. The van der Waals surface area contributed by atoms with Crippen molar-refractivity contribution in [1.29, 1.82) is 0 Å². The van der Waals surface area contributed by atoms with E-state index in [2.05, 4.69) is 29.0 Å². The largest absolute Gasteiger partial charge is 0.493 e. The molecule has 0 saturated heterocycles. The average Bonchev–Trinajstić information content (AvgIpc) is 3.04. The van der Waals surface area contributed by atoms with E-state index < -0.39 is 0 Å². The molecule has 1 aromatic heterocycles. The fraction of sp³-hybridized carbons (Fsp3) is 0.478. The molecule has 1 aromatic carbocycles. The molecule has 7 nitrogen and oxygen atoms in total. The number of carbonyl (C=O) groups excluding carboxylic acids is 2. The minimum Gasteiger partial charge on any atom is -0.493 e. The molecule has 0 fully saturated rings. The van der Waals surface area contributed by atoms with Gasteiger partial charge in [0.25, 0.3) is 5.91 Å². The fourth-order valence-corrected chi connectivity index (χ4v) is 3.54. The van der Waals surface area contributed by atoms with Crippen LogP contribution in [0.25, 0.3) is 0 Å². The number of ether oxygens (including phenoxy) is 2. The van der Waals surface area contributed by atoms with E-state index in [1.54, 1.807) is 21.0 Å². The minimum atomic E-state index is -0.249. The van der Waals surface area contributed by atoms with Crippen molar-refractivity contribution in [1.82, 2.24) is 15.2 Å². The van der Waals surface area contributed by atoms with Crippen LogP contribution in [-0.2, 0) is 6.54 Å². The number of nitrogens with zero attached hydrogens (tertiary/aromatic N) is 1. The molecule has 0 radical (unpaired) electrons. The molecule has 2 aromatic rings. The second-order valence-corrected chi connectivity index (χ2v) is 7.22. The first kappa shape index (κ1) is 23.5. The van der Waals surface area contributed by atoms with Crippen LogP contribution < -0.4 is 14.8 Å². The summed E-state index contributed by atoms with van der Waals surface area (Å²) in [6.07, 6.45) is 0. The maximum Gasteiger partial charge on any atom is 0.268 e. The lowest BCUT2D eigenvalue weighted by atomic mass is 10.1. The summed E-state index contributed by atoms with van der Waals surface area (Å²) in [6.45, 7) is 13.1. The molecule has 0 saturated carbocycles. The van der Waals surface area contributed by atoms with Crippen LogP contribution in [0.2, 0.25) is 0 Å². The number of aryl methyl sites for hydroxylation is 1. The van der Waals surface area contributed by atoms with Crippen LogP contribution >= 0.6 is 0 Å². The maximum atomic E-state index is 12.6. The number of likely N-dealkylation sites (N-methyl/N-ethyl adjacent to an activating group) is 1. The van der Waals surface area contributed by atoms with Crippen LogP contribution in [0.3, 0.4) is 0 Å². The van der Waals surface area contributed by atoms with Crippen LogP contribution in [0.4, 0.5) is 0 Å². The Bertz CT molecular complexity index is 885. The Kier molecular flexibility index (Phi) is 8.47. The second kappa shape index (κ2) is 10.8. The van der Waals surface area contributed by atoms with Gasteiger partial charge >= 0.3 is 0 Å². The quantitative estimate of drug-likeness (QED) is 0.549. The van der Waals surface area contributed by atoms with Crippen molar-refractivity contribution in [2.24, 2.45) is 0 Å². The van der Waals surface area contributed by atoms with Crippen molar-refractivity contribution in [2.45, 2.75) is 41.2 Å². The monoisotopic (exact) mass is 415 g/mol. The van der Waals surface area contributed by atoms with Gasteiger partial charge < -0.3 is 24.7 Å². The highest BCUT2D eigenvalue weighted by Gasteiger charge is 2.19. The van der Waals surface area contributed by atoms with Crippen LogP contribution in [0, 0.1) is 13.8 Å². The van der Waals surface area contributed by atoms with E-state index in [1.807, 2.05) is 18.2 Å². The smallest absolute Gasteiger partial charge is 0.268 e. The summed E-state index contributed by atoms with van der Waals surface area (Å²) in [5.41, 5.74) is 3.27. The minimum absolute atomic E-state index is 0.0541. The van der Waals surface area contributed by atoms with Crippen molar-refractivity contribution in [3.63, 3.8) is 0 Å². The second-order valence-electron chi connectivity index (χ2n) is 7.22.